The molecular formula is C25H33ClN2O4. The molecule has 6 nitrogen and oxygen atoms in total. The molecule has 0 aliphatic rings. The molecule has 2 rings (SSSR count). The minimum absolute atomic E-state index is 0.00389. The summed E-state index contributed by atoms with van der Waals surface area (Å²) < 4.78 is 10.6. The molecule has 0 aliphatic carbocycles. The van der Waals surface area contributed by atoms with Gasteiger partial charge in [0.05, 0.1) is 14.2 Å². The molecule has 0 heterocycles. The molecule has 0 saturated heterocycles. The topological polar surface area (TPSA) is 67.9 Å². The number of hydrogen-bond acceptors (Lipinski definition) is 4. The molecule has 7 heteroatoms. The monoisotopic (exact) mass is 460 g/mol. The van der Waals surface area contributed by atoms with E-state index in [1.54, 1.807) is 31.3 Å². The van der Waals surface area contributed by atoms with Crippen molar-refractivity contribution in [3.05, 3.63) is 58.6 Å². The second kappa shape index (κ2) is 12.3. The van der Waals surface area contributed by atoms with Crippen molar-refractivity contribution in [1.29, 1.82) is 0 Å². The van der Waals surface area contributed by atoms with Gasteiger partial charge < -0.3 is 19.7 Å². The summed E-state index contributed by atoms with van der Waals surface area (Å²) >= 11 is 6.01. The van der Waals surface area contributed by atoms with Crippen LogP contribution in [-0.4, -0.2) is 43.0 Å². The van der Waals surface area contributed by atoms with Gasteiger partial charge in [0, 0.05) is 24.0 Å². The van der Waals surface area contributed by atoms with Crippen molar-refractivity contribution >= 4 is 23.4 Å². The van der Waals surface area contributed by atoms with Gasteiger partial charge in [0.1, 0.15) is 6.04 Å². The molecule has 32 heavy (non-hydrogen) atoms. The second-order valence-electron chi connectivity index (χ2n) is 7.92. The average molecular weight is 461 g/mol. The van der Waals surface area contributed by atoms with Crippen molar-refractivity contribution < 1.29 is 19.1 Å². The quantitative estimate of drug-likeness (QED) is 0.531. The summed E-state index contributed by atoms with van der Waals surface area (Å²) in [7, 11) is 3.17. The minimum atomic E-state index is -0.550. The highest BCUT2D eigenvalue weighted by atomic mass is 35.5. The van der Waals surface area contributed by atoms with Crippen molar-refractivity contribution in [3.8, 4) is 11.5 Å². The van der Waals surface area contributed by atoms with Crippen LogP contribution < -0.4 is 14.8 Å². The van der Waals surface area contributed by atoms with Gasteiger partial charge in [-0.05, 0) is 62.1 Å². The largest absolute Gasteiger partial charge is 0.493 e. The molecule has 2 aromatic rings. The molecule has 0 spiro atoms. The lowest BCUT2D eigenvalue weighted by Crippen LogP contribution is -2.50. The summed E-state index contributed by atoms with van der Waals surface area (Å²) in [5.74, 6) is 1.04. The second-order valence-corrected chi connectivity index (χ2v) is 8.36. The lowest BCUT2D eigenvalue weighted by Gasteiger charge is -2.31. The molecule has 0 bridgehead atoms. The first kappa shape index (κ1) is 25.5. The Bertz CT molecular complexity index is 899. The van der Waals surface area contributed by atoms with E-state index >= 15 is 0 Å². The summed E-state index contributed by atoms with van der Waals surface area (Å²) in [6, 6.07) is 12.4. The highest BCUT2D eigenvalue weighted by Crippen LogP contribution is 2.28. The number of hydrogen-bond donors (Lipinski definition) is 1. The number of nitrogens with zero attached hydrogens (tertiary/aromatic N) is 1. The lowest BCUT2D eigenvalue weighted by atomic mass is 10.1. The maximum absolute atomic E-state index is 13.3. The van der Waals surface area contributed by atoms with Crippen LogP contribution in [0, 0.1) is 0 Å². The van der Waals surface area contributed by atoms with Crippen molar-refractivity contribution in [2.24, 2.45) is 0 Å². The fraction of sp³-hybridized carbons (Fsp3) is 0.440. The van der Waals surface area contributed by atoms with E-state index in [4.69, 9.17) is 21.1 Å². The Kier molecular flexibility index (Phi) is 9.85. The number of halogens is 1. The molecule has 1 N–H and O–H groups in total. The van der Waals surface area contributed by atoms with Crippen LogP contribution in [0.2, 0.25) is 5.02 Å². The number of amides is 2. The van der Waals surface area contributed by atoms with E-state index < -0.39 is 6.04 Å². The molecule has 174 valence electrons. The van der Waals surface area contributed by atoms with Crippen LogP contribution in [0.25, 0.3) is 0 Å². The van der Waals surface area contributed by atoms with Gasteiger partial charge in [-0.1, -0.05) is 36.7 Å². The molecule has 0 radical (unpaired) electrons. The van der Waals surface area contributed by atoms with Crippen LogP contribution >= 0.6 is 11.6 Å². The smallest absolute Gasteiger partial charge is 0.243 e. The first-order valence-corrected chi connectivity index (χ1v) is 11.2. The first-order chi connectivity index (χ1) is 15.3. The zero-order valence-electron chi connectivity index (χ0n) is 19.5. The van der Waals surface area contributed by atoms with E-state index in [0.717, 1.165) is 11.1 Å². The predicted octanol–water partition coefficient (Wildman–Crippen LogP) is 4.62. The Morgan fingerprint density at radius 2 is 1.62 bits per heavy atom. The van der Waals surface area contributed by atoms with Gasteiger partial charge in [-0.15, -0.1) is 0 Å². The fourth-order valence-electron chi connectivity index (χ4n) is 3.52. The van der Waals surface area contributed by atoms with Gasteiger partial charge in [-0.25, -0.2) is 0 Å². The molecular weight excluding hydrogens is 428 g/mol. The van der Waals surface area contributed by atoms with Crippen LogP contribution in [0.3, 0.4) is 0 Å². The number of aryl methyl sites for hydroxylation is 1. The van der Waals surface area contributed by atoms with Crippen LogP contribution in [0.4, 0.5) is 0 Å². The summed E-state index contributed by atoms with van der Waals surface area (Å²) in [6.45, 7) is 6.08. The van der Waals surface area contributed by atoms with Crippen LogP contribution in [0.15, 0.2) is 42.5 Å². The lowest BCUT2D eigenvalue weighted by molar-refractivity contribution is -0.141. The van der Waals surface area contributed by atoms with E-state index in [1.807, 2.05) is 51.1 Å². The minimum Gasteiger partial charge on any atom is -0.493 e. The predicted molar refractivity (Wildman–Crippen MR) is 127 cm³/mol. The number of ether oxygens (including phenoxy) is 2. The maximum Gasteiger partial charge on any atom is 0.243 e. The Hall–Kier alpha value is -2.73. The molecule has 1 atom stereocenters. The number of methoxy groups -OCH3 is 2. The molecule has 0 saturated carbocycles. The van der Waals surface area contributed by atoms with Gasteiger partial charge >= 0.3 is 0 Å². The summed E-state index contributed by atoms with van der Waals surface area (Å²) in [5, 5.41) is 3.57. The van der Waals surface area contributed by atoms with E-state index in [2.05, 4.69) is 5.32 Å². The van der Waals surface area contributed by atoms with Crippen LogP contribution in [-0.2, 0) is 22.6 Å². The number of benzene rings is 2. The Balaban J connectivity index is 2.22. The average Bonchev–Trinajstić information content (AvgIpc) is 2.77. The maximum atomic E-state index is 13.3. The third-order valence-electron chi connectivity index (χ3n) is 5.16. The van der Waals surface area contributed by atoms with Crippen LogP contribution in [0.5, 0.6) is 11.5 Å². The number of nitrogens with one attached hydrogen (secondary N) is 1. The van der Waals surface area contributed by atoms with Crippen molar-refractivity contribution in [3.63, 3.8) is 0 Å². The van der Waals surface area contributed by atoms with E-state index in [-0.39, 0.29) is 24.3 Å². The summed E-state index contributed by atoms with van der Waals surface area (Å²) in [4.78, 5) is 27.8. The molecule has 0 fully saturated rings. The standard InChI is InChI=1S/C25H33ClN2O4/c1-6-21(25(30)27-17(2)3)28(16-19-7-11-20(26)12-8-19)24(29)14-10-18-9-13-22(31-4)23(15-18)32-5/h7-9,11-13,15,17,21H,6,10,14,16H2,1-5H3,(H,27,30)/t21-/m1/s1. The normalized spacial score (nSPS) is 11.7. The SMILES string of the molecule is CC[C@H](C(=O)NC(C)C)N(Cc1ccc(Cl)cc1)C(=O)CCc1ccc(OC)c(OC)c1. The zero-order valence-corrected chi connectivity index (χ0v) is 20.2. The Morgan fingerprint density at radius 1 is 1.00 bits per heavy atom. The number of carbonyl (C=O) groups is 2. The van der Waals surface area contributed by atoms with Crippen molar-refractivity contribution in [1.82, 2.24) is 10.2 Å². The molecule has 0 aromatic heterocycles. The van der Waals surface area contributed by atoms with Gasteiger partial charge in [0.15, 0.2) is 11.5 Å². The first-order valence-electron chi connectivity index (χ1n) is 10.8. The number of carbonyl (C=O) groups excluding carboxylic acids is 2. The van der Waals surface area contributed by atoms with Gasteiger partial charge in [-0.3, -0.25) is 9.59 Å². The van der Waals surface area contributed by atoms with Crippen LogP contribution in [0.1, 0.15) is 44.7 Å². The molecule has 0 aliphatic heterocycles. The van der Waals surface area contributed by atoms with Gasteiger partial charge in [-0.2, -0.15) is 0 Å². The summed E-state index contributed by atoms with van der Waals surface area (Å²) in [5.41, 5.74) is 1.88. The summed E-state index contributed by atoms with van der Waals surface area (Å²) in [6.07, 6.45) is 1.32. The van der Waals surface area contributed by atoms with E-state index in [1.165, 1.54) is 0 Å². The number of rotatable bonds is 11. The van der Waals surface area contributed by atoms with Crippen molar-refractivity contribution in [2.45, 2.75) is 58.7 Å². The Morgan fingerprint density at radius 3 is 2.19 bits per heavy atom. The fourth-order valence-corrected chi connectivity index (χ4v) is 3.64. The highest BCUT2D eigenvalue weighted by Gasteiger charge is 2.28. The van der Waals surface area contributed by atoms with E-state index in [9.17, 15) is 9.59 Å². The molecule has 2 amide bonds. The Labute approximate surface area is 195 Å². The third kappa shape index (κ3) is 7.16. The van der Waals surface area contributed by atoms with Gasteiger partial charge in [0.25, 0.3) is 0 Å². The zero-order chi connectivity index (χ0) is 23.7. The van der Waals surface area contributed by atoms with E-state index in [0.29, 0.717) is 35.9 Å². The molecule has 0 unspecified atom stereocenters. The highest BCUT2D eigenvalue weighted by molar-refractivity contribution is 6.30. The molecule has 2 aromatic carbocycles. The van der Waals surface area contributed by atoms with Crippen molar-refractivity contribution in [2.75, 3.05) is 14.2 Å². The van der Waals surface area contributed by atoms with Gasteiger partial charge in [0.2, 0.25) is 11.8 Å². The third-order valence-corrected chi connectivity index (χ3v) is 5.41.